The fraction of sp³-hybridized carbons (Fsp3) is 0.667. The molecule has 5 heteroatoms. The summed E-state index contributed by atoms with van der Waals surface area (Å²) in [6.07, 6.45) is 0.194. The zero-order valence-electron chi connectivity index (χ0n) is 8.64. The number of aromatic nitrogens is 2. The highest BCUT2D eigenvalue weighted by Gasteiger charge is 2.25. The average molecular weight is 220 g/mol. The van der Waals surface area contributed by atoms with Crippen LogP contribution in [0.15, 0.2) is 0 Å². The van der Waals surface area contributed by atoms with Crippen molar-refractivity contribution in [1.29, 1.82) is 0 Å². The summed E-state index contributed by atoms with van der Waals surface area (Å²) in [5.41, 5.74) is 5.30. The molecule has 0 radical (unpaired) electrons. The molecular weight excluding hydrogens is 205 g/mol. The van der Waals surface area contributed by atoms with Gasteiger partial charge < -0.3 is 5.73 Å². The highest BCUT2D eigenvalue weighted by Crippen LogP contribution is 2.25. The summed E-state index contributed by atoms with van der Waals surface area (Å²) in [5, 5.41) is 4.64. The molecule has 0 fully saturated rings. The van der Waals surface area contributed by atoms with Crippen molar-refractivity contribution in [3.8, 4) is 0 Å². The van der Waals surface area contributed by atoms with Crippen molar-refractivity contribution < 1.29 is 4.39 Å². The van der Waals surface area contributed by atoms with Crippen LogP contribution >= 0.6 is 11.6 Å². The van der Waals surface area contributed by atoms with Crippen LogP contribution in [-0.2, 0) is 13.5 Å². The third-order valence-corrected chi connectivity index (χ3v) is 2.71. The van der Waals surface area contributed by atoms with E-state index in [4.69, 9.17) is 17.3 Å². The number of nitrogens with two attached hydrogens (primary N) is 1. The van der Waals surface area contributed by atoms with Crippen LogP contribution in [0.4, 0.5) is 4.39 Å². The summed E-state index contributed by atoms with van der Waals surface area (Å²) >= 11 is 5.99. The van der Waals surface area contributed by atoms with Crippen molar-refractivity contribution in [1.82, 2.24) is 9.78 Å². The highest BCUT2D eigenvalue weighted by molar-refractivity contribution is 6.31. The number of hydrogen-bond donors (Lipinski definition) is 1. The molecule has 0 aromatic carbocycles. The Morgan fingerprint density at radius 1 is 1.64 bits per heavy atom. The Morgan fingerprint density at radius 2 is 2.21 bits per heavy atom. The summed E-state index contributed by atoms with van der Waals surface area (Å²) < 4.78 is 15.3. The van der Waals surface area contributed by atoms with E-state index < -0.39 is 5.67 Å². The molecule has 0 saturated heterocycles. The molecule has 14 heavy (non-hydrogen) atoms. The van der Waals surface area contributed by atoms with Crippen LogP contribution in [0, 0.1) is 6.92 Å². The van der Waals surface area contributed by atoms with E-state index in [9.17, 15) is 4.39 Å². The molecule has 1 aromatic heterocycles. The molecule has 80 valence electrons. The normalized spacial score (nSPS) is 15.6. The summed E-state index contributed by atoms with van der Waals surface area (Å²) in [6.45, 7) is 3.24. The number of hydrogen-bond acceptors (Lipinski definition) is 2. The molecule has 2 N–H and O–H groups in total. The lowest BCUT2D eigenvalue weighted by Crippen LogP contribution is -2.32. The van der Waals surface area contributed by atoms with Crippen LogP contribution in [0.1, 0.15) is 18.3 Å². The maximum absolute atomic E-state index is 13.6. The summed E-state index contributed by atoms with van der Waals surface area (Å²) in [4.78, 5) is 0. The smallest absolute Gasteiger partial charge is 0.126 e. The van der Waals surface area contributed by atoms with Crippen molar-refractivity contribution in [2.45, 2.75) is 25.9 Å². The van der Waals surface area contributed by atoms with Crippen LogP contribution in [0.5, 0.6) is 0 Å². The lowest BCUT2D eigenvalue weighted by Gasteiger charge is -2.17. The third-order valence-electron chi connectivity index (χ3n) is 2.22. The van der Waals surface area contributed by atoms with Crippen LogP contribution in [0.2, 0.25) is 5.02 Å². The first-order valence-corrected chi connectivity index (χ1v) is 4.82. The van der Waals surface area contributed by atoms with Gasteiger partial charge in [0.05, 0.1) is 16.4 Å². The first-order chi connectivity index (χ1) is 6.37. The molecule has 0 aliphatic carbocycles. The molecule has 0 bridgehead atoms. The van der Waals surface area contributed by atoms with Crippen LogP contribution < -0.4 is 5.73 Å². The molecule has 0 aliphatic rings. The minimum atomic E-state index is -1.43. The first kappa shape index (κ1) is 11.5. The maximum Gasteiger partial charge on any atom is 0.126 e. The van der Waals surface area contributed by atoms with Gasteiger partial charge in [0.1, 0.15) is 5.67 Å². The lowest BCUT2D eigenvalue weighted by molar-refractivity contribution is 0.196. The molecule has 0 saturated carbocycles. The second-order valence-electron chi connectivity index (χ2n) is 3.76. The molecule has 1 atom stereocenters. The molecular formula is C9H15ClFN3. The Kier molecular flexibility index (Phi) is 3.17. The van der Waals surface area contributed by atoms with E-state index in [1.54, 1.807) is 18.7 Å². The van der Waals surface area contributed by atoms with E-state index in [2.05, 4.69) is 5.10 Å². The van der Waals surface area contributed by atoms with E-state index in [0.717, 1.165) is 5.69 Å². The van der Waals surface area contributed by atoms with Gasteiger partial charge in [-0.3, -0.25) is 4.68 Å². The second-order valence-corrected chi connectivity index (χ2v) is 4.14. The summed E-state index contributed by atoms with van der Waals surface area (Å²) in [5.74, 6) is 0. The molecule has 1 rings (SSSR count). The lowest BCUT2D eigenvalue weighted by atomic mass is 10.0. The van der Waals surface area contributed by atoms with Crippen molar-refractivity contribution in [3.05, 3.63) is 16.4 Å². The van der Waals surface area contributed by atoms with E-state index in [0.29, 0.717) is 10.7 Å². The van der Waals surface area contributed by atoms with E-state index in [1.165, 1.54) is 6.92 Å². The van der Waals surface area contributed by atoms with E-state index in [1.807, 2.05) is 0 Å². The van der Waals surface area contributed by atoms with Crippen molar-refractivity contribution >= 4 is 11.6 Å². The van der Waals surface area contributed by atoms with Gasteiger partial charge in [0.2, 0.25) is 0 Å². The fourth-order valence-corrected chi connectivity index (χ4v) is 1.52. The zero-order chi connectivity index (χ0) is 10.9. The van der Waals surface area contributed by atoms with Crippen molar-refractivity contribution in [2.75, 3.05) is 6.54 Å². The monoisotopic (exact) mass is 219 g/mol. The van der Waals surface area contributed by atoms with Gasteiger partial charge in [0, 0.05) is 20.0 Å². The van der Waals surface area contributed by atoms with Crippen molar-refractivity contribution in [2.24, 2.45) is 12.8 Å². The molecule has 3 nitrogen and oxygen atoms in total. The van der Waals surface area contributed by atoms with Crippen molar-refractivity contribution in [3.63, 3.8) is 0 Å². The zero-order valence-corrected chi connectivity index (χ0v) is 9.40. The molecule has 1 aromatic rings. The van der Waals surface area contributed by atoms with Gasteiger partial charge >= 0.3 is 0 Å². The van der Waals surface area contributed by atoms with Gasteiger partial charge in [-0.25, -0.2) is 4.39 Å². The Balaban J connectivity index is 2.97. The highest BCUT2D eigenvalue weighted by atomic mass is 35.5. The number of rotatable bonds is 3. The molecule has 0 aliphatic heterocycles. The Morgan fingerprint density at radius 3 is 2.57 bits per heavy atom. The standard InChI is InChI=1S/C9H15ClFN3/c1-6-8(10)7(14(3)13-6)4-9(2,11)5-12/h4-5,12H2,1-3H3. The largest absolute Gasteiger partial charge is 0.328 e. The predicted octanol–water partition coefficient (Wildman–Crippen LogP) is 1.61. The third kappa shape index (κ3) is 2.25. The van der Waals surface area contributed by atoms with E-state index in [-0.39, 0.29) is 13.0 Å². The summed E-state index contributed by atoms with van der Waals surface area (Å²) in [6, 6.07) is 0. The van der Waals surface area contributed by atoms with Gasteiger partial charge in [-0.15, -0.1) is 0 Å². The fourth-order valence-electron chi connectivity index (χ4n) is 1.29. The minimum absolute atomic E-state index is 0.0203. The second kappa shape index (κ2) is 3.87. The topological polar surface area (TPSA) is 43.8 Å². The van der Waals surface area contributed by atoms with E-state index >= 15 is 0 Å². The summed E-state index contributed by atoms with van der Waals surface area (Å²) in [7, 11) is 1.75. The molecule has 0 spiro atoms. The van der Waals surface area contributed by atoms with Gasteiger partial charge in [0.15, 0.2) is 0 Å². The molecule has 1 unspecified atom stereocenters. The van der Waals surface area contributed by atoms with Crippen LogP contribution in [-0.4, -0.2) is 22.0 Å². The Labute approximate surface area is 88.0 Å². The first-order valence-electron chi connectivity index (χ1n) is 4.44. The minimum Gasteiger partial charge on any atom is -0.328 e. The predicted molar refractivity (Wildman–Crippen MR) is 55.2 cm³/mol. The molecule has 1 heterocycles. The number of alkyl halides is 1. The van der Waals surface area contributed by atoms with Gasteiger partial charge in [-0.1, -0.05) is 11.6 Å². The van der Waals surface area contributed by atoms with Gasteiger partial charge in [-0.2, -0.15) is 5.10 Å². The van der Waals surface area contributed by atoms with Gasteiger partial charge in [-0.05, 0) is 13.8 Å². The van der Waals surface area contributed by atoms with Gasteiger partial charge in [0.25, 0.3) is 0 Å². The SMILES string of the molecule is Cc1nn(C)c(CC(C)(F)CN)c1Cl. The van der Waals surface area contributed by atoms with Crippen LogP contribution in [0.3, 0.4) is 0 Å². The quantitative estimate of drug-likeness (QED) is 0.840. The Hall–Kier alpha value is -0.610. The maximum atomic E-state index is 13.6. The average Bonchev–Trinajstić information content (AvgIpc) is 2.32. The number of aryl methyl sites for hydroxylation is 2. The number of nitrogens with zero attached hydrogens (tertiary/aromatic N) is 2. The molecule has 0 amide bonds. The number of halogens is 2. The Bertz CT molecular complexity index is 333. The van der Waals surface area contributed by atoms with Crippen LogP contribution in [0.25, 0.3) is 0 Å².